The predicted octanol–water partition coefficient (Wildman–Crippen LogP) is 2.64. The second-order valence-corrected chi connectivity index (χ2v) is 6.95. The lowest BCUT2D eigenvalue weighted by Crippen LogP contribution is -2.17. The summed E-state index contributed by atoms with van der Waals surface area (Å²) in [5, 5.41) is 3.15. The number of alkyl halides is 2. The van der Waals surface area contributed by atoms with Crippen LogP contribution in [-0.2, 0) is 37.9 Å². The van der Waals surface area contributed by atoms with Gasteiger partial charge in [-0.05, 0) is 13.0 Å². The Bertz CT molecular complexity index is 964. The lowest BCUT2D eigenvalue weighted by atomic mass is 10.1. The summed E-state index contributed by atoms with van der Waals surface area (Å²) in [7, 11) is 1.30. The molecule has 0 atom stereocenters. The van der Waals surface area contributed by atoms with Crippen molar-refractivity contribution in [1.29, 1.82) is 0 Å². The first-order valence-electron chi connectivity index (χ1n) is 9.43. The number of hydrogen-bond acceptors (Lipinski definition) is 8. The summed E-state index contributed by atoms with van der Waals surface area (Å²) >= 11 is 0. The van der Waals surface area contributed by atoms with Gasteiger partial charge in [-0.3, -0.25) is 4.79 Å². The van der Waals surface area contributed by atoms with Gasteiger partial charge in [-0.1, -0.05) is 12.1 Å². The quantitative estimate of drug-likeness (QED) is 0.712. The van der Waals surface area contributed by atoms with Gasteiger partial charge in [-0.2, -0.15) is 8.78 Å². The molecule has 0 unspecified atom stereocenters. The van der Waals surface area contributed by atoms with Gasteiger partial charge in [0.25, 0.3) is 0 Å². The summed E-state index contributed by atoms with van der Waals surface area (Å²) in [6.45, 7) is 1.98. The average Bonchev–Trinajstić information content (AvgIpc) is 3.34. The number of para-hydroxylation sites is 1. The van der Waals surface area contributed by atoms with Gasteiger partial charge in [0.1, 0.15) is 17.4 Å². The molecule has 0 aliphatic carbocycles. The number of benzene rings is 1. The van der Waals surface area contributed by atoms with Crippen molar-refractivity contribution in [3.8, 4) is 5.75 Å². The van der Waals surface area contributed by atoms with E-state index in [-0.39, 0.29) is 24.3 Å². The number of ether oxygens (including phenoxy) is 4. The van der Waals surface area contributed by atoms with Crippen molar-refractivity contribution in [1.82, 2.24) is 9.97 Å². The molecule has 4 rings (SSSR count). The molecule has 1 aromatic carbocycles. The van der Waals surface area contributed by atoms with Crippen molar-refractivity contribution >= 4 is 11.8 Å². The molecule has 0 radical (unpaired) electrons. The average molecular weight is 421 g/mol. The zero-order valence-electron chi connectivity index (χ0n) is 16.5. The van der Waals surface area contributed by atoms with Crippen LogP contribution in [0.2, 0.25) is 0 Å². The molecule has 30 heavy (non-hydrogen) atoms. The Balaban J connectivity index is 1.66. The van der Waals surface area contributed by atoms with Crippen LogP contribution in [0.5, 0.6) is 5.75 Å². The highest BCUT2D eigenvalue weighted by atomic mass is 19.3. The summed E-state index contributed by atoms with van der Waals surface area (Å²) in [6.07, 6.45) is -0.821. The van der Waals surface area contributed by atoms with Crippen LogP contribution in [-0.4, -0.2) is 42.9 Å². The van der Waals surface area contributed by atoms with Crippen LogP contribution in [0.4, 0.5) is 14.6 Å². The first kappa shape index (κ1) is 20.4. The Labute approximate surface area is 171 Å². The molecule has 0 spiro atoms. The molecule has 2 aromatic rings. The summed E-state index contributed by atoms with van der Waals surface area (Å²) < 4.78 is 49.2. The highest BCUT2D eigenvalue weighted by Crippen LogP contribution is 2.43. The van der Waals surface area contributed by atoms with Gasteiger partial charge in [-0.15, -0.1) is 0 Å². The second-order valence-electron chi connectivity index (χ2n) is 6.95. The van der Waals surface area contributed by atoms with E-state index in [1.807, 2.05) is 0 Å². The number of rotatable bonds is 6. The number of aromatic nitrogens is 2. The summed E-state index contributed by atoms with van der Waals surface area (Å²) in [5.41, 5.74) is 1.34. The number of halogens is 2. The third-order valence-electron chi connectivity index (χ3n) is 4.87. The highest BCUT2D eigenvalue weighted by molar-refractivity contribution is 5.73. The molecule has 0 bridgehead atoms. The van der Waals surface area contributed by atoms with Crippen molar-refractivity contribution < 1.29 is 32.5 Å². The fourth-order valence-electron chi connectivity index (χ4n) is 3.49. The zero-order valence-corrected chi connectivity index (χ0v) is 16.5. The van der Waals surface area contributed by atoms with Crippen molar-refractivity contribution in [2.75, 3.05) is 32.2 Å². The minimum atomic E-state index is -3.01. The maximum Gasteiger partial charge on any atom is 0.311 e. The van der Waals surface area contributed by atoms with E-state index in [0.717, 1.165) is 0 Å². The highest BCUT2D eigenvalue weighted by Gasteiger charge is 2.42. The van der Waals surface area contributed by atoms with E-state index in [9.17, 15) is 13.6 Å². The number of nitrogens with zero attached hydrogens (tertiary/aromatic N) is 2. The van der Waals surface area contributed by atoms with Gasteiger partial charge in [0.15, 0.2) is 12.9 Å². The number of esters is 1. The van der Waals surface area contributed by atoms with Crippen molar-refractivity contribution in [2.45, 2.75) is 32.1 Å². The van der Waals surface area contributed by atoms with Gasteiger partial charge in [0.2, 0.25) is 0 Å². The molecule has 1 saturated heterocycles. The van der Waals surface area contributed by atoms with Crippen LogP contribution in [0.1, 0.15) is 34.5 Å². The topological polar surface area (TPSA) is 91.8 Å². The molecule has 1 N–H and O–H groups in total. The lowest BCUT2D eigenvalue weighted by molar-refractivity contribution is -0.139. The number of anilines is 1. The monoisotopic (exact) mass is 421 g/mol. The van der Waals surface area contributed by atoms with Crippen molar-refractivity contribution in [2.24, 2.45) is 0 Å². The molecule has 3 heterocycles. The Hall–Kier alpha value is -2.85. The molecule has 2 aliphatic heterocycles. The fraction of sp³-hybridized carbons (Fsp3) is 0.450. The Morgan fingerprint density at radius 1 is 1.30 bits per heavy atom. The zero-order chi connectivity index (χ0) is 21.3. The minimum Gasteiger partial charge on any atom is -0.486 e. The van der Waals surface area contributed by atoms with E-state index in [2.05, 4.69) is 15.3 Å². The van der Waals surface area contributed by atoms with Gasteiger partial charge in [0, 0.05) is 12.1 Å². The predicted molar refractivity (Wildman–Crippen MR) is 100 cm³/mol. The summed E-state index contributed by atoms with van der Waals surface area (Å²) in [5.74, 6) is -2.48. The molecule has 2 aliphatic rings. The normalized spacial score (nSPS) is 17.5. The van der Waals surface area contributed by atoms with Gasteiger partial charge >= 0.3 is 11.9 Å². The minimum absolute atomic E-state index is 0.0802. The van der Waals surface area contributed by atoms with Crippen LogP contribution in [0, 0.1) is 6.92 Å². The third-order valence-corrected chi connectivity index (χ3v) is 4.87. The molecule has 0 saturated carbocycles. The number of fused-ring (bicyclic) bond motifs is 1. The molecule has 0 amide bonds. The molecule has 10 heteroatoms. The number of carbonyl (C=O) groups excluding carboxylic acids is 1. The number of hydrogen-bond donors (Lipinski definition) is 1. The van der Waals surface area contributed by atoms with E-state index < -0.39 is 24.8 Å². The number of carbonyl (C=O) groups is 1. The van der Waals surface area contributed by atoms with Crippen LogP contribution in [0.3, 0.4) is 0 Å². The Morgan fingerprint density at radius 3 is 2.80 bits per heavy atom. The van der Waals surface area contributed by atoms with E-state index in [1.165, 1.54) is 13.2 Å². The first-order chi connectivity index (χ1) is 14.4. The van der Waals surface area contributed by atoms with Crippen LogP contribution in [0.25, 0.3) is 0 Å². The number of methoxy groups -OCH3 is 1. The van der Waals surface area contributed by atoms with E-state index in [0.29, 0.717) is 41.7 Å². The largest absolute Gasteiger partial charge is 0.486 e. The summed E-state index contributed by atoms with van der Waals surface area (Å²) in [6, 6.07) is 4.64. The van der Waals surface area contributed by atoms with E-state index in [1.54, 1.807) is 19.1 Å². The third kappa shape index (κ3) is 3.92. The van der Waals surface area contributed by atoms with Gasteiger partial charge in [-0.25, -0.2) is 9.97 Å². The maximum absolute atomic E-state index is 14.0. The lowest BCUT2D eigenvalue weighted by Gasteiger charge is -2.19. The van der Waals surface area contributed by atoms with Gasteiger partial charge < -0.3 is 24.3 Å². The molecule has 1 fully saturated rings. The van der Waals surface area contributed by atoms with Crippen molar-refractivity contribution in [3.63, 3.8) is 0 Å². The second kappa shape index (κ2) is 8.11. The van der Waals surface area contributed by atoms with E-state index in [4.69, 9.17) is 18.9 Å². The molecule has 1 aromatic heterocycles. The molecular formula is C20H21F2N3O5. The summed E-state index contributed by atoms with van der Waals surface area (Å²) in [4.78, 5) is 20.7. The standard InChI is InChI=1S/C20H21F2N3O5/c1-11-24-14(8-15(26)27-2)16(19-28-6-7-29-19)18(25-11)23-9-12-4-3-5-13-17(12)30-10-20(13,21)22/h3-5,19H,6-10H2,1-2H3,(H,23,24,25). The Kier molecular flexibility index (Phi) is 5.52. The molecule has 8 nitrogen and oxygen atoms in total. The van der Waals surface area contributed by atoms with Crippen molar-refractivity contribution in [3.05, 3.63) is 46.4 Å². The van der Waals surface area contributed by atoms with Crippen LogP contribution < -0.4 is 10.1 Å². The molecule has 160 valence electrons. The van der Waals surface area contributed by atoms with Crippen LogP contribution >= 0.6 is 0 Å². The van der Waals surface area contributed by atoms with E-state index >= 15 is 0 Å². The SMILES string of the molecule is COC(=O)Cc1nc(C)nc(NCc2cccc3c2OCC3(F)F)c1C1OCCO1. The number of nitrogens with one attached hydrogen (secondary N) is 1. The Morgan fingerprint density at radius 2 is 2.07 bits per heavy atom. The smallest absolute Gasteiger partial charge is 0.311 e. The van der Waals surface area contributed by atoms with Crippen LogP contribution in [0.15, 0.2) is 18.2 Å². The molecular weight excluding hydrogens is 400 g/mol. The fourth-order valence-corrected chi connectivity index (χ4v) is 3.49. The maximum atomic E-state index is 14.0. The van der Waals surface area contributed by atoms with Gasteiger partial charge in [0.05, 0.1) is 43.6 Å². The number of aryl methyl sites for hydroxylation is 1. The first-order valence-corrected chi connectivity index (χ1v) is 9.43.